The van der Waals surface area contributed by atoms with E-state index >= 15 is 0 Å². The van der Waals surface area contributed by atoms with Gasteiger partial charge in [-0.2, -0.15) is 17.7 Å². The lowest BCUT2D eigenvalue weighted by Crippen LogP contribution is -2.34. The number of halogens is 1. The Bertz CT molecular complexity index is 1190. The number of nitrogens with one attached hydrogen (secondary N) is 1. The van der Waals surface area contributed by atoms with Crippen LogP contribution in [0.15, 0.2) is 55.1 Å². The number of thiol groups is 1. The van der Waals surface area contributed by atoms with Crippen LogP contribution in [0, 0.1) is 5.82 Å². The molecule has 176 valence electrons. The molecule has 0 radical (unpaired) electrons. The summed E-state index contributed by atoms with van der Waals surface area (Å²) in [7, 11) is 0. The van der Waals surface area contributed by atoms with Gasteiger partial charge in [0.1, 0.15) is 24.4 Å². The molecule has 0 unspecified atom stereocenters. The predicted octanol–water partition coefficient (Wildman–Crippen LogP) is 2.94. The Morgan fingerprint density at radius 3 is 2.65 bits per heavy atom. The Hall–Kier alpha value is -3.73. The summed E-state index contributed by atoms with van der Waals surface area (Å²) in [6.45, 7) is 0.239. The second-order valence-corrected chi connectivity index (χ2v) is 7.99. The summed E-state index contributed by atoms with van der Waals surface area (Å²) in [5.41, 5.74) is 2.08. The fourth-order valence-electron chi connectivity index (χ4n) is 3.50. The molecule has 2 aromatic carbocycles. The molecular formula is C23H22FN5O4S. The highest BCUT2D eigenvalue weighted by molar-refractivity contribution is 7.79. The number of hydrogen-bond acceptors (Lipinski definition) is 7. The lowest BCUT2D eigenvalue weighted by molar-refractivity contribution is -0.121. The summed E-state index contributed by atoms with van der Waals surface area (Å²) >= 11 is 4.18. The average Bonchev–Trinajstić information content (AvgIpc) is 3.51. The van der Waals surface area contributed by atoms with E-state index in [1.54, 1.807) is 18.2 Å². The quantitative estimate of drug-likeness (QED) is 0.358. The van der Waals surface area contributed by atoms with E-state index in [4.69, 9.17) is 4.74 Å². The normalized spacial score (nSPS) is 15.3. The van der Waals surface area contributed by atoms with Gasteiger partial charge in [0.2, 0.25) is 5.91 Å². The van der Waals surface area contributed by atoms with E-state index < -0.39 is 18.0 Å². The first-order valence-corrected chi connectivity index (χ1v) is 11.2. The van der Waals surface area contributed by atoms with Gasteiger partial charge >= 0.3 is 6.09 Å². The third-order valence-electron chi connectivity index (χ3n) is 5.35. The summed E-state index contributed by atoms with van der Waals surface area (Å²) in [5.74, 6) is -0.435. The molecule has 4 rings (SSSR count). The first kappa shape index (κ1) is 23.4. The third kappa shape index (κ3) is 5.42. The first-order chi connectivity index (χ1) is 16.4. The Morgan fingerprint density at radius 2 is 1.97 bits per heavy atom. The molecule has 0 bridgehead atoms. The minimum Gasteiger partial charge on any atom is -0.442 e. The van der Waals surface area contributed by atoms with Gasteiger partial charge in [0, 0.05) is 24.2 Å². The van der Waals surface area contributed by atoms with Gasteiger partial charge < -0.3 is 10.1 Å². The molecule has 34 heavy (non-hydrogen) atoms. The lowest BCUT2D eigenvalue weighted by atomic mass is 10.0. The molecule has 9 nitrogen and oxygen atoms in total. The van der Waals surface area contributed by atoms with Gasteiger partial charge in [-0.25, -0.2) is 18.9 Å². The SMILES string of the molecule is O=C(CCC(=O)c1ccc(CS)cc1)NC[C@H]1CN(c2ccc(-n3cncn3)c(F)c2)C(=O)O1. The monoisotopic (exact) mass is 483 g/mol. The summed E-state index contributed by atoms with van der Waals surface area (Å²) in [6.07, 6.45) is 1.52. The molecule has 2 heterocycles. The van der Waals surface area contributed by atoms with E-state index in [-0.39, 0.29) is 43.3 Å². The molecule has 1 aliphatic heterocycles. The van der Waals surface area contributed by atoms with Crippen molar-refractivity contribution < 1.29 is 23.5 Å². The number of amides is 2. The van der Waals surface area contributed by atoms with Gasteiger partial charge in [-0.05, 0) is 23.8 Å². The van der Waals surface area contributed by atoms with Crippen LogP contribution in [-0.2, 0) is 15.3 Å². The number of aromatic nitrogens is 3. The Labute approximate surface area is 200 Å². The maximum atomic E-state index is 14.5. The number of anilines is 1. The van der Waals surface area contributed by atoms with Crippen molar-refractivity contribution in [3.8, 4) is 5.69 Å². The molecule has 1 N–H and O–H groups in total. The number of rotatable bonds is 9. The molecular weight excluding hydrogens is 461 g/mol. The molecule has 0 aliphatic carbocycles. The van der Waals surface area contributed by atoms with Crippen molar-refractivity contribution in [3.05, 3.63) is 72.1 Å². The van der Waals surface area contributed by atoms with Crippen LogP contribution in [-0.4, -0.2) is 51.7 Å². The Morgan fingerprint density at radius 1 is 1.18 bits per heavy atom. The third-order valence-corrected chi connectivity index (χ3v) is 5.71. The van der Waals surface area contributed by atoms with E-state index in [2.05, 4.69) is 28.0 Å². The number of nitrogens with zero attached hydrogens (tertiary/aromatic N) is 4. The van der Waals surface area contributed by atoms with Gasteiger partial charge in [-0.15, -0.1) is 0 Å². The van der Waals surface area contributed by atoms with Gasteiger partial charge in [-0.3, -0.25) is 14.5 Å². The van der Waals surface area contributed by atoms with Crippen LogP contribution in [0.25, 0.3) is 5.69 Å². The second kappa shape index (κ2) is 10.5. The van der Waals surface area contributed by atoms with Crippen LogP contribution in [0.3, 0.4) is 0 Å². The number of cyclic esters (lactones) is 1. The van der Waals surface area contributed by atoms with Crippen molar-refractivity contribution in [1.82, 2.24) is 20.1 Å². The zero-order chi connectivity index (χ0) is 24.1. The fourth-order valence-corrected chi connectivity index (χ4v) is 3.72. The highest BCUT2D eigenvalue weighted by Gasteiger charge is 2.33. The number of carbonyl (C=O) groups is 3. The van der Waals surface area contributed by atoms with Gasteiger partial charge in [0.05, 0.1) is 18.8 Å². The van der Waals surface area contributed by atoms with Crippen LogP contribution in [0.5, 0.6) is 0 Å². The molecule has 1 aromatic heterocycles. The maximum absolute atomic E-state index is 14.5. The van der Waals surface area contributed by atoms with E-state index in [0.29, 0.717) is 17.0 Å². The van der Waals surface area contributed by atoms with Crippen LogP contribution in [0.2, 0.25) is 0 Å². The molecule has 1 aliphatic rings. The number of ether oxygens (including phenoxy) is 1. The fraction of sp³-hybridized carbons (Fsp3) is 0.261. The lowest BCUT2D eigenvalue weighted by Gasteiger charge is -2.14. The van der Waals surface area contributed by atoms with Crippen LogP contribution in [0.4, 0.5) is 14.9 Å². The predicted molar refractivity (Wildman–Crippen MR) is 125 cm³/mol. The first-order valence-electron chi connectivity index (χ1n) is 10.6. The van der Waals surface area contributed by atoms with E-state index in [0.717, 1.165) is 5.56 Å². The minimum absolute atomic E-state index is 0.0203. The summed E-state index contributed by atoms with van der Waals surface area (Å²) in [6, 6.07) is 11.4. The number of benzene rings is 2. The molecule has 2 amide bonds. The molecule has 0 saturated carbocycles. The Balaban J connectivity index is 1.26. The van der Waals surface area contributed by atoms with Crippen molar-refractivity contribution in [2.75, 3.05) is 18.0 Å². The molecule has 11 heteroatoms. The Kier molecular flexibility index (Phi) is 7.21. The van der Waals surface area contributed by atoms with Crippen LogP contribution < -0.4 is 10.2 Å². The minimum atomic E-state index is -0.632. The van der Waals surface area contributed by atoms with Crippen molar-refractivity contribution in [2.24, 2.45) is 0 Å². The van der Waals surface area contributed by atoms with E-state index in [1.165, 1.54) is 34.4 Å². The van der Waals surface area contributed by atoms with Gasteiger partial charge in [-0.1, -0.05) is 24.3 Å². The van der Waals surface area contributed by atoms with Gasteiger partial charge in [0.25, 0.3) is 0 Å². The molecule has 3 aromatic rings. The molecule has 1 fully saturated rings. The van der Waals surface area contributed by atoms with E-state index in [1.807, 2.05) is 12.1 Å². The van der Waals surface area contributed by atoms with E-state index in [9.17, 15) is 18.8 Å². The molecule has 0 spiro atoms. The average molecular weight is 484 g/mol. The second-order valence-electron chi connectivity index (χ2n) is 7.67. The van der Waals surface area contributed by atoms with Crippen molar-refractivity contribution in [2.45, 2.75) is 24.7 Å². The number of carbonyl (C=O) groups excluding carboxylic acids is 3. The smallest absolute Gasteiger partial charge is 0.414 e. The van der Waals surface area contributed by atoms with Crippen molar-refractivity contribution >= 4 is 36.1 Å². The zero-order valence-corrected chi connectivity index (χ0v) is 19.0. The number of Topliss-reactive ketones (excluding diaryl/α,β-unsaturated/α-hetero) is 1. The maximum Gasteiger partial charge on any atom is 0.414 e. The van der Waals surface area contributed by atoms with Crippen LogP contribution >= 0.6 is 12.6 Å². The standard InChI is InChI=1S/C23H22FN5O4S/c24-19-9-17(5-6-20(19)29-14-25-13-27-29)28-11-18(33-23(28)32)10-26-22(31)8-7-21(30)16-3-1-15(12-34)2-4-16/h1-6,9,13-14,18,34H,7-8,10-12H2,(H,26,31)/t18-/m0/s1. The van der Waals surface area contributed by atoms with Crippen molar-refractivity contribution in [1.29, 1.82) is 0 Å². The van der Waals surface area contributed by atoms with Crippen LogP contribution in [0.1, 0.15) is 28.8 Å². The van der Waals surface area contributed by atoms with Gasteiger partial charge in [0.15, 0.2) is 11.6 Å². The summed E-state index contributed by atoms with van der Waals surface area (Å²) in [5, 5.41) is 6.57. The molecule has 1 saturated heterocycles. The summed E-state index contributed by atoms with van der Waals surface area (Å²) < 4.78 is 21.1. The highest BCUT2D eigenvalue weighted by Crippen LogP contribution is 2.25. The topological polar surface area (TPSA) is 106 Å². The largest absolute Gasteiger partial charge is 0.442 e. The number of hydrogen-bond donors (Lipinski definition) is 2. The highest BCUT2D eigenvalue weighted by atomic mass is 32.1. The summed E-state index contributed by atoms with van der Waals surface area (Å²) in [4.78, 5) is 41.8. The number of ketones is 1. The zero-order valence-electron chi connectivity index (χ0n) is 18.1. The van der Waals surface area contributed by atoms with Crippen molar-refractivity contribution in [3.63, 3.8) is 0 Å². The molecule has 1 atom stereocenters.